The van der Waals surface area contributed by atoms with E-state index in [0.717, 1.165) is 0 Å². The van der Waals surface area contributed by atoms with Crippen molar-refractivity contribution in [3.05, 3.63) is 52.6 Å². The van der Waals surface area contributed by atoms with Crippen LogP contribution in [0.1, 0.15) is 48.4 Å². The van der Waals surface area contributed by atoms with Crippen LogP contribution < -0.4 is 0 Å². The molecule has 0 aromatic heterocycles. The molecule has 0 radical (unpaired) electrons. The normalized spacial score (nSPS) is 14.2. The molecule has 0 aliphatic heterocycles. The highest BCUT2D eigenvalue weighted by molar-refractivity contribution is 5.93. The highest BCUT2D eigenvalue weighted by Crippen LogP contribution is 2.34. The number of rotatable bonds is 1. The molecule has 0 fully saturated rings. The fourth-order valence-electron chi connectivity index (χ4n) is 3.12. The van der Waals surface area contributed by atoms with Crippen molar-refractivity contribution < 1.29 is 0 Å². The molecule has 2 aromatic carbocycles. The minimum Gasteiger partial charge on any atom is -0.0836 e. The molecule has 3 rings (SSSR count). The van der Waals surface area contributed by atoms with Crippen LogP contribution in [0, 0.1) is 6.92 Å². The van der Waals surface area contributed by atoms with E-state index in [2.05, 4.69) is 57.2 Å². The number of fused-ring (bicyclic) bond motifs is 3. The number of hydrogen-bond acceptors (Lipinski definition) is 0. The maximum absolute atomic E-state index is 2.37. The van der Waals surface area contributed by atoms with E-state index in [1.54, 1.807) is 5.56 Å². The first-order valence-corrected chi connectivity index (χ1v) is 6.90. The van der Waals surface area contributed by atoms with Crippen LogP contribution in [0.4, 0.5) is 0 Å². The van der Waals surface area contributed by atoms with Gasteiger partial charge in [0.15, 0.2) is 0 Å². The average Bonchev–Trinajstić information content (AvgIpc) is 2.38. The maximum Gasteiger partial charge on any atom is -0.0143 e. The Morgan fingerprint density at radius 2 is 1.94 bits per heavy atom. The maximum atomic E-state index is 2.37. The van der Waals surface area contributed by atoms with Gasteiger partial charge in [-0.15, -0.1) is 0 Å². The quantitative estimate of drug-likeness (QED) is 0.636. The van der Waals surface area contributed by atoms with E-state index < -0.39 is 0 Å². The van der Waals surface area contributed by atoms with Gasteiger partial charge in [0, 0.05) is 0 Å². The molecule has 0 bridgehead atoms. The molecule has 0 N–H and O–H groups in total. The zero-order valence-corrected chi connectivity index (χ0v) is 11.5. The van der Waals surface area contributed by atoms with Gasteiger partial charge in [-0.3, -0.25) is 0 Å². The van der Waals surface area contributed by atoms with Gasteiger partial charge in [-0.2, -0.15) is 0 Å². The van der Waals surface area contributed by atoms with E-state index in [-0.39, 0.29) is 0 Å². The summed E-state index contributed by atoms with van der Waals surface area (Å²) < 4.78 is 0. The lowest BCUT2D eigenvalue weighted by Gasteiger charge is -2.19. The third kappa shape index (κ3) is 1.68. The highest BCUT2D eigenvalue weighted by Gasteiger charge is 2.14. The fourth-order valence-corrected chi connectivity index (χ4v) is 3.12. The van der Waals surface area contributed by atoms with E-state index in [1.165, 1.54) is 40.3 Å². The van der Waals surface area contributed by atoms with Crippen LogP contribution in [-0.2, 0) is 6.42 Å². The molecule has 0 unspecified atom stereocenters. The van der Waals surface area contributed by atoms with Crippen molar-refractivity contribution in [2.75, 3.05) is 0 Å². The van der Waals surface area contributed by atoms with Crippen molar-refractivity contribution in [1.82, 2.24) is 0 Å². The van der Waals surface area contributed by atoms with Gasteiger partial charge in [-0.05, 0) is 58.7 Å². The molecule has 0 heterocycles. The lowest BCUT2D eigenvalue weighted by atomic mass is 9.85. The third-order valence-electron chi connectivity index (χ3n) is 4.04. The zero-order valence-electron chi connectivity index (χ0n) is 11.5. The van der Waals surface area contributed by atoms with Crippen molar-refractivity contribution in [2.45, 2.75) is 39.5 Å². The molecule has 0 saturated heterocycles. The summed E-state index contributed by atoms with van der Waals surface area (Å²) in [6.45, 7) is 6.80. The standard InChI is InChI=1S/C18H20/c1-12(2)14-9-6-10-17-16-8-5-4-7-15(16)13(3)11-18(14)17/h4,6-7,9-12H,5,8H2,1-3H3. The molecular formula is C18H20. The van der Waals surface area contributed by atoms with Gasteiger partial charge in [0.1, 0.15) is 0 Å². The Morgan fingerprint density at radius 1 is 1.11 bits per heavy atom. The minimum absolute atomic E-state index is 0.588. The van der Waals surface area contributed by atoms with Crippen LogP contribution in [0.3, 0.4) is 0 Å². The molecule has 0 nitrogen and oxygen atoms in total. The lowest BCUT2D eigenvalue weighted by molar-refractivity contribution is 0.875. The van der Waals surface area contributed by atoms with Crippen molar-refractivity contribution >= 4 is 16.8 Å². The van der Waals surface area contributed by atoms with Crippen molar-refractivity contribution in [1.29, 1.82) is 0 Å². The molecule has 18 heavy (non-hydrogen) atoms. The van der Waals surface area contributed by atoms with Gasteiger partial charge in [0.25, 0.3) is 0 Å². The Balaban J connectivity index is 2.41. The molecule has 0 atom stereocenters. The number of benzene rings is 2. The number of hydrogen-bond donors (Lipinski definition) is 0. The summed E-state index contributed by atoms with van der Waals surface area (Å²) in [5.41, 5.74) is 5.90. The van der Waals surface area contributed by atoms with E-state index in [4.69, 9.17) is 0 Å². The summed E-state index contributed by atoms with van der Waals surface area (Å²) in [6, 6.07) is 9.15. The molecule has 1 aliphatic rings. The molecule has 2 aromatic rings. The van der Waals surface area contributed by atoms with Crippen molar-refractivity contribution in [2.24, 2.45) is 0 Å². The van der Waals surface area contributed by atoms with Gasteiger partial charge in [0.05, 0.1) is 0 Å². The third-order valence-corrected chi connectivity index (χ3v) is 4.04. The van der Waals surface area contributed by atoms with Crippen LogP contribution in [-0.4, -0.2) is 0 Å². The SMILES string of the molecule is Cc1cc2c(C(C)C)cccc2c2c1C=CCC2. The van der Waals surface area contributed by atoms with Crippen LogP contribution >= 0.6 is 0 Å². The predicted octanol–water partition coefficient (Wildman–Crippen LogP) is 5.23. The predicted molar refractivity (Wildman–Crippen MR) is 80.1 cm³/mol. The molecule has 0 spiro atoms. The molecule has 0 amide bonds. The molecular weight excluding hydrogens is 216 g/mol. The Kier molecular flexibility index (Phi) is 2.74. The van der Waals surface area contributed by atoms with E-state index in [0.29, 0.717) is 5.92 Å². The van der Waals surface area contributed by atoms with Crippen LogP contribution in [0.2, 0.25) is 0 Å². The first kappa shape index (κ1) is 11.5. The van der Waals surface area contributed by atoms with Gasteiger partial charge in [-0.25, -0.2) is 0 Å². The second kappa shape index (κ2) is 4.28. The second-order valence-electron chi connectivity index (χ2n) is 5.62. The lowest BCUT2D eigenvalue weighted by Crippen LogP contribution is -2.00. The molecule has 1 aliphatic carbocycles. The largest absolute Gasteiger partial charge is 0.0836 e. The Bertz CT molecular complexity index is 630. The molecule has 0 heteroatoms. The van der Waals surface area contributed by atoms with Crippen LogP contribution in [0.5, 0.6) is 0 Å². The van der Waals surface area contributed by atoms with Gasteiger partial charge in [0.2, 0.25) is 0 Å². The highest BCUT2D eigenvalue weighted by atomic mass is 14.2. The summed E-state index contributed by atoms with van der Waals surface area (Å²) in [6.07, 6.45) is 6.96. The van der Waals surface area contributed by atoms with E-state index >= 15 is 0 Å². The van der Waals surface area contributed by atoms with Gasteiger partial charge in [-0.1, -0.05) is 50.3 Å². The van der Waals surface area contributed by atoms with Crippen LogP contribution in [0.25, 0.3) is 16.8 Å². The van der Waals surface area contributed by atoms with Gasteiger partial charge < -0.3 is 0 Å². The zero-order chi connectivity index (χ0) is 12.7. The summed E-state index contributed by atoms with van der Waals surface area (Å²) in [4.78, 5) is 0. The Morgan fingerprint density at radius 3 is 2.72 bits per heavy atom. The molecule has 0 saturated carbocycles. The van der Waals surface area contributed by atoms with Crippen molar-refractivity contribution in [3.8, 4) is 0 Å². The molecule has 92 valence electrons. The number of allylic oxidation sites excluding steroid dienone is 1. The first-order valence-electron chi connectivity index (χ1n) is 6.90. The van der Waals surface area contributed by atoms with E-state index in [9.17, 15) is 0 Å². The fraction of sp³-hybridized carbons (Fsp3) is 0.333. The average molecular weight is 236 g/mol. The summed E-state index contributed by atoms with van der Waals surface area (Å²) in [5.74, 6) is 0.588. The summed E-state index contributed by atoms with van der Waals surface area (Å²) >= 11 is 0. The van der Waals surface area contributed by atoms with Crippen LogP contribution in [0.15, 0.2) is 30.3 Å². The van der Waals surface area contributed by atoms with Gasteiger partial charge >= 0.3 is 0 Å². The summed E-state index contributed by atoms with van der Waals surface area (Å²) in [7, 11) is 0. The summed E-state index contributed by atoms with van der Waals surface area (Å²) in [5, 5.41) is 2.92. The first-order chi connectivity index (χ1) is 8.68. The smallest absolute Gasteiger partial charge is 0.0143 e. The number of aryl methyl sites for hydroxylation is 2. The minimum atomic E-state index is 0.588. The topological polar surface area (TPSA) is 0 Å². The second-order valence-corrected chi connectivity index (χ2v) is 5.62. The van der Waals surface area contributed by atoms with Crippen molar-refractivity contribution in [3.63, 3.8) is 0 Å². The van der Waals surface area contributed by atoms with E-state index in [1.807, 2.05) is 0 Å². The monoisotopic (exact) mass is 236 g/mol. The Labute approximate surface area is 109 Å². The Hall–Kier alpha value is -1.56.